The lowest BCUT2D eigenvalue weighted by Gasteiger charge is -2.19. The minimum atomic E-state index is -0.344. The van der Waals surface area contributed by atoms with Crippen LogP contribution >= 0.6 is 11.8 Å². The molecule has 4 heteroatoms. The lowest BCUT2D eigenvalue weighted by molar-refractivity contribution is 0.208. The summed E-state index contributed by atoms with van der Waals surface area (Å²) in [7, 11) is 0. The van der Waals surface area contributed by atoms with E-state index < -0.39 is 0 Å². The summed E-state index contributed by atoms with van der Waals surface area (Å²) in [4.78, 5) is 1.04. The van der Waals surface area contributed by atoms with E-state index in [1.807, 2.05) is 36.6 Å². The second-order valence-corrected chi connectivity index (χ2v) is 4.90. The Bertz CT molecular complexity index is 547. The monoisotopic (exact) mass is 277 g/mol. The van der Waals surface area contributed by atoms with Gasteiger partial charge in [0.25, 0.3) is 0 Å². The van der Waals surface area contributed by atoms with Crippen LogP contribution in [-0.2, 0) is 0 Å². The van der Waals surface area contributed by atoms with Gasteiger partial charge in [0, 0.05) is 11.4 Å². The molecule has 2 N–H and O–H groups in total. The summed E-state index contributed by atoms with van der Waals surface area (Å²) >= 11 is 1.61. The van der Waals surface area contributed by atoms with Gasteiger partial charge in [-0.3, -0.25) is 0 Å². The molecule has 0 fully saturated rings. The van der Waals surface area contributed by atoms with E-state index in [2.05, 4.69) is 0 Å². The van der Waals surface area contributed by atoms with Crippen LogP contribution in [0.25, 0.3) is 0 Å². The Morgan fingerprint density at radius 3 is 2.68 bits per heavy atom. The summed E-state index contributed by atoms with van der Waals surface area (Å²) in [5.74, 6) is 0.493. The van der Waals surface area contributed by atoms with Gasteiger partial charge in [-0.15, -0.1) is 11.8 Å². The van der Waals surface area contributed by atoms with Crippen molar-refractivity contribution in [3.05, 3.63) is 59.9 Å². The van der Waals surface area contributed by atoms with Gasteiger partial charge in [0.1, 0.15) is 17.7 Å². The number of hydrogen-bond acceptors (Lipinski definition) is 3. The number of ether oxygens (including phenoxy) is 1. The molecule has 0 saturated heterocycles. The summed E-state index contributed by atoms with van der Waals surface area (Å²) in [6.45, 7) is 0.298. The SMILES string of the molecule is CSc1ccccc1OC(CN)c1cccc(F)c1. The van der Waals surface area contributed by atoms with Crippen LogP contribution in [0.4, 0.5) is 4.39 Å². The first-order valence-corrected chi connectivity index (χ1v) is 7.22. The fraction of sp³-hybridized carbons (Fsp3) is 0.200. The highest BCUT2D eigenvalue weighted by Crippen LogP contribution is 2.30. The number of halogens is 1. The zero-order valence-electron chi connectivity index (χ0n) is 10.7. The maximum Gasteiger partial charge on any atom is 0.136 e. The molecule has 0 bridgehead atoms. The van der Waals surface area contributed by atoms with Crippen LogP contribution in [0, 0.1) is 5.82 Å². The van der Waals surface area contributed by atoms with E-state index in [0.717, 1.165) is 16.2 Å². The molecule has 100 valence electrons. The molecular formula is C15H16FNOS. The average Bonchev–Trinajstić information content (AvgIpc) is 2.45. The predicted octanol–water partition coefficient (Wildman–Crippen LogP) is 3.63. The number of rotatable bonds is 5. The van der Waals surface area contributed by atoms with Crippen molar-refractivity contribution >= 4 is 11.8 Å². The van der Waals surface area contributed by atoms with Crippen molar-refractivity contribution in [2.45, 2.75) is 11.0 Å². The Hall–Kier alpha value is -1.52. The molecule has 0 radical (unpaired) electrons. The van der Waals surface area contributed by atoms with E-state index in [1.54, 1.807) is 17.8 Å². The van der Waals surface area contributed by atoms with Gasteiger partial charge in [-0.1, -0.05) is 24.3 Å². The largest absolute Gasteiger partial charge is 0.483 e. The van der Waals surface area contributed by atoms with Crippen LogP contribution in [0.5, 0.6) is 5.75 Å². The molecule has 2 aromatic rings. The van der Waals surface area contributed by atoms with E-state index in [4.69, 9.17) is 10.5 Å². The summed E-state index contributed by atoms with van der Waals surface area (Å²) in [6, 6.07) is 14.1. The second kappa shape index (κ2) is 6.59. The van der Waals surface area contributed by atoms with Gasteiger partial charge in [0.2, 0.25) is 0 Å². The number of para-hydroxylation sites is 1. The van der Waals surface area contributed by atoms with E-state index >= 15 is 0 Å². The topological polar surface area (TPSA) is 35.2 Å². The van der Waals surface area contributed by atoms with Crippen LogP contribution < -0.4 is 10.5 Å². The quantitative estimate of drug-likeness (QED) is 0.848. The van der Waals surface area contributed by atoms with Crippen LogP contribution in [0.2, 0.25) is 0 Å². The van der Waals surface area contributed by atoms with E-state index in [0.29, 0.717) is 6.54 Å². The van der Waals surface area contributed by atoms with E-state index in [9.17, 15) is 4.39 Å². The third-order valence-electron chi connectivity index (χ3n) is 2.77. The number of thioether (sulfide) groups is 1. The zero-order chi connectivity index (χ0) is 13.7. The Kier molecular flexibility index (Phi) is 4.82. The molecule has 19 heavy (non-hydrogen) atoms. The van der Waals surface area contributed by atoms with Gasteiger partial charge < -0.3 is 10.5 Å². The Labute approximate surface area is 116 Å². The van der Waals surface area contributed by atoms with Crippen LogP contribution in [0.3, 0.4) is 0 Å². The van der Waals surface area contributed by atoms with Crippen LogP contribution in [-0.4, -0.2) is 12.8 Å². The maximum absolute atomic E-state index is 13.2. The first-order valence-electron chi connectivity index (χ1n) is 6.00. The standard InChI is InChI=1S/C15H16FNOS/c1-19-15-8-3-2-7-13(15)18-14(10-17)11-5-4-6-12(16)9-11/h2-9,14H,10,17H2,1H3. The molecule has 0 aliphatic carbocycles. The maximum atomic E-state index is 13.2. The van der Waals surface area contributed by atoms with Gasteiger partial charge in [-0.05, 0) is 36.1 Å². The van der Waals surface area contributed by atoms with Crippen LogP contribution in [0.1, 0.15) is 11.7 Å². The normalized spacial score (nSPS) is 12.2. The molecule has 2 aromatic carbocycles. The van der Waals surface area contributed by atoms with Crippen molar-refractivity contribution < 1.29 is 9.13 Å². The lowest BCUT2D eigenvalue weighted by atomic mass is 10.1. The summed E-state index contributed by atoms with van der Waals surface area (Å²) < 4.78 is 19.2. The Balaban J connectivity index is 2.24. The zero-order valence-corrected chi connectivity index (χ0v) is 11.5. The summed E-state index contributed by atoms with van der Waals surface area (Å²) in [5, 5.41) is 0. The Morgan fingerprint density at radius 2 is 2.00 bits per heavy atom. The molecule has 0 aliphatic heterocycles. The van der Waals surface area contributed by atoms with Crippen LogP contribution in [0.15, 0.2) is 53.4 Å². The van der Waals surface area contributed by atoms with Gasteiger partial charge in [0.15, 0.2) is 0 Å². The molecule has 1 unspecified atom stereocenters. The minimum Gasteiger partial charge on any atom is -0.483 e. The molecular weight excluding hydrogens is 261 g/mol. The highest BCUT2D eigenvalue weighted by molar-refractivity contribution is 7.98. The average molecular weight is 277 g/mol. The van der Waals surface area contributed by atoms with Gasteiger partial charge >= 0.3 is 0 Å². The molecule has 0 saturated carbocycles. The van der Waals surface area contributed by atoms with Gasteiger partial charge in [-0.2, -0.15) is 0 Å². The molecule has 2 rings (SSSR count). The summed E-state index contributed by atoms with van der Waals surface area (Å²) in [5.41, 5.74) is 6.49. The lowest BCUT2D eigenvalue weighted by Crippen LogP contribution is -2.18. The molecule has 0 aromatic heterocycles. The van der Waals surface area contributed by atoms with Crippen molar-refractivity contribution in [3.8, 4) is 5.75 Å². The van der Waals surface area contributed by atoms with Crippen molar-refractivity contribution in [3.63, 3.8) is 0 Å². The van der Waals surface area contributed by atoms with Gasteiger partial charge in [0.05, 0.1) is 0 Å². The molecule has 0 heterocycles. The second-order valence-electron chi connectivity index (χ2n) is 4.05. The highest BCUT2D eigenvalue weighted by Gasteiger charge is 2.14. The van der Waals surface area contributed by atoms with Crippen molar-refractivity contribution in [1.82, 2.24) is 0 Å². The number of nitrogens with two attached hydrogens (primary N) is 1. The van der Waals surface area contributed by atoms with E-state index in [1.165, 1.54) is 12.1 Å². The van der Waals surface area contributed by atoms with Crippen molar-refractivity contribution in [1.29, 1.82) is 0 Å². The fourth-order valence-electron chi connectivity index (χ4n) is 1.83. The molecule has 1 atom stereocenters. The number of benzene rings is 2. The minimum absolute atomic E-state index is 0.280. The van der Waals surface area contributed by atoms with Crippen molar-refractivity contribution in [2.24, 2.45) is 5.73 Å². The highest BCUT2D eigenvalue weighted by atomic mass is 32.2. The summed E-state index contributed by atoms with van der Waals surface area (Å²) in [6.07, 6.45) is 1.64. The first kappa shape index (κ1) is 13.9. The van der Waals surface area contributed by atoms with E-state index in [-0.39, 0.29) is 11.9 Å². The molecule has 0 spiro atoms. The number of hydrogen-bond donors (Lipinski definition) is 1. The molecule has 0 aliphatic rings. The third kappa shape index (κ3) is 3.49. The predicted molar refractivity (Wildman–Crippen MR) is 77.0 cm³/mol. The van der Waals surface area contributed by atoms with Gasteiger partial charge in [-0.25, -0.2) is 4.39 Å². The first-order chi connectivity index (χ1) is 9.24. The fourth-order valence-corrected chi connectivity index (χ4v) is 2.36. The smallest absolute Gasteiger partial charge is 0.136 e. The third-order valence-corrected chi connectivity index (χ3v) is 3.55. The molecule has 2 nitrogen and oxygen atoms in total. The Morgan fingerprint density at radius 1 is 1.21 bits per heavy atom. The van der Waals surface area contributed by atoms with Crippen molar-refractivity contribution in [2.75, 3.05) is 12.8 Å². The molecule has 0 amide bonds.